The molecule has 3 aliphatic rings. The van der Waals surface area contributed by atoms with E-state index in [0.717, 1.165) is 56.4 Å². The van der Waals surface area contributed by atoms with Gasteiger partial charge in [-0.3, -0.25) is 0 Å². The monoisotopic (exact) mass is 491 g/mol. The summed E-state index contributed by atoms with van der Waals surface area (Å²) >= 11 is 0. The molecule has 34 heavy (non-hydrogen) atoms. The predicted molar refractivity (Wildman–Crippen MR) is 127 cm³/mol. The first-order valence-electron chi connectivity index (χ1n) is 11.3. The van der Waals surface area contributed by atoms with Crippen molar-refractivity contribution in [1.29, 1.82) is 0 Å². The van der Waals surface area contributed by atoms with E-state index < -0.39 is 21.6 Å². The molecule has 5 rings (SSSR count). The Kier molecular flexibility index (Phi) is 6.35. The predicted octanol–water partition coefficient (Wildman–Crippen LogP) is 5.35. The van der Waals surface area contributed by atoms with Gasteiger partial charge < -0.3 is 5.32 Å². The Morgan fingerprint density at radius 3 is 2.09 bits per heavy atom. The van der Waals surface area contributed by atoms with Crippen LogP contribution in [0.2, 0.25) is 0 Å². The summed E-state index contributed by atoms with van der Waals surface area (Å²) in [7, 11) is -1.46. The molecule has 1 N–H and O–H groups in total. The van der Waals surface area contributed by atoms with Crippen LogP contribution in [0.5, 0.6) is 0 Å². The van der Waals surface area contributed by atoms with Gasteiger partial charge in [-0.05, 0) is 67.7 Å². The molecule has 0 aliphatic heterocycles. The largest absolute Gasteiger partial charge is 0.417 e. The van der Waals surface area contributed by atoms with Gasteiger partial charge in [0, 0.05) is 24.3 Å². The summed E-state index contributed by atoms with van der Waals surface area (Å²) in [6, 6.07) is 12.5. The van der Waals surface area contributed by atoms with Crippen LogP contribution in [-0.4, -0.2) is 33.8 Å². The fourth-order valence-corrected chi connectivity index (χ4v) is 6.10. The highest BCUT2D eigenvalue weighted by Gasteiger charge is 2.51. The lowest BCUT2D eigenvalue weighted by molar-refractivity contribution is -0.137. The first kappa shape index (κ1) is 24.4. The number of fused-ring (bicyclic) bond motifs is 3. The molecule has 182 valence electrons. The van der Waals surface area contributed by atoms with Gasteiger partial charge in [0.05, 0.1) is 16.7 Å². The maximum absolute atomic E-state index is 13.2. The van der Waals surface area contributed by atoms with Crippen LogP contribution >= 0.6 is 0 Å². The van der Waals surface area contributed by atoms with Gasteiger partial charge in [-0.2, -0.15) is 18.3 Å². The third-order valence-corrected chi connectivity index (χ3v) is 8.63. The third kappa shape index (κ3) is 4.62. The molecule has 9 heteroatoms. The Morgan fingerprint density at radius 2 is 1.56 bits per heavy atom. The van der Waals surface area contributed by atoms with Crippen LogP contribution < -0.4 is 5.32 Å². The van der Waals surface area contributed by atoms with E-state index in [9.17, 15) is 21.6 Å². The summed E-state index contributed by atoms with van der Waals surface area (Å²) in [5, 5.41) is 11.5. The normalized spacial score (nSPS) is 25.6. The molecule has 3 saturated carbocycles. The van der Waals surface area contributed by atoms with Crippen LogP contribution in [0.1, 0.15) is 55.2 Å². The van der Waals surface area contributed by atoms with Crippen molar-refractivity contribution >= 4 is 21.9 Å². The highest BCUT2D eigenvalue weighted by Crippen LogP contribution is 2.58. The molecule has 0 heterocycles. The number of rotatable bonds is 5. The Morgan fingerprint density at radius 1 is 0.971 bits per heavy atom. The molecule has 0 atom stereocenters. The number of sulfone groups is 1. The van der Waals surface area contributed by atoms with Crippen molar-refractivity contribution in [2.45, 2.75) is 55.0 Å². The van der Waals surface area contributed by atoms with E-state index in [2.05, 4.69) is 15.5 Å². The van der Waals surface area contributed by atoms with Gasteiger partial charge in [0.1, 0.15) is 5.84 Å². The number of nitrogens with zero attached hydrogens (tertiary/aromatic N) is 2. The second-order valence-electron chi connectivity index (χ2n) is 9.39. The third-order valence-electron chi connectivity index (χ3n) is 7.50. The molecule has 0 radical (unpaired) electrons. The summed E-state index contributed by atoms with van der Waals surface area (Å²) in [6.45, 7) is 0. The molecular formula is C25H28F3N3O2S. The first-order valence-corrected chi connectivity index (χ1v) is 13.1. The van der Waals surface area contributed by atoms with E-state index in [1.54, 1.807) is 25.2 Å². The molecule has 2 aromatic carbocycles. The van der Waals surface area contributed by atoms with E-state index in [-0.39, 0.29) is 16.4 Å². The van der Waals surface area contributed by atoms with Gasteiger partial charge in [-0.15, -0.1) is 5.10 Å². The molecular weight excluding hydrogens is 463 g/mol. The van der Waals surface area contributed by atoms with Crippen LogP contribution in [-0.2, 0) is 21.4 Å². The van der Waals surface area contributed by atoms with Crippen LogP contribution in [0.3, 0.4) is 0 Å². The number of nitrogens with one attached hydrogen (secondary N) is 1. The molecule has 0 unspecified atom stereocenters. The minimum Gasteiger partial charge on any atom is -0.375 e. The molecule has 3 fully saturated rings. The lowest BCUT2D eigenvalue weighted by atomic mass is 9.51. The van der Waals surface area contributed by atoms with Crippen molar-refractivity contribution in [2.24, 2.45) is 15.6 Å². The number of alkyl halides is 3. The van der Waals surface area contributed by atoms with E-state index in [0.29, 0.717) is 10.7 Å². The van der Waals surface area contributed by atoms with Crippen LogP contribution in [0.25, 0.3) is 0 Å². The summed E-state index contributed by atoms with van der Waals surface area (Å²) in [5.41, 5.74) is 0.254. The minimum atomic E-state index is -4.45. The Hall–Kier alpha value is -2.68. The number of hydrogen-bond acceptors (Lipinski definition) is 4. The van der Waals surface area contributed by atoms with Gasteiger partial charge in [-0.25, -0.2) is 8.42 Å². The molecule has 3 aliphatic carbocycles. The maximum Gasteiger partial charge on any atom is 0.417 e. The zero-order chi connectivity index (χ0) is 24.6. The summed E-state index contributed by atoms with van der Waals surface area (Å²) in [6.07, 6.45) is 3.38. The van der Waals surface area contributed by atoms with Gasteiger partial charge in [-0.1, -0.05) is 30.3 Å². The lowest BCUT2D eigenvalue weighted by Gasteiger charge is -2.53. The van der Waals surface area contributed by atoms with E-state index >= 15 is 0 Å². The average molecular weight is 492 g/mol. The SMILES string of the molecule is CN/C(=N\N=C\c1ccccc1C(F)(F)F)C12CCC(c3ccc(S(C)(=O)=O)cc3)(CC1)CC2. The van der Waals surface area contributed by atoms with Gasteiger partial charge in [0.2, 0.25) is 0 Å². The van der Waals surface area contributed by atoms with E-state index in [1.165, 1.54) is 18.4 Å². The molecule has 2 aromatic rings. The summed E-state index contributed by atoms with van der Waals surface area (Å²) in [5.74, 6) is 0.703. The second kappa shape index (κ2) is 8.83. The van der Waals surface area contributed by atoms with Crippen molar-refractivity contribution in [3.05, 3.63) is 65.2 Å². The van der Waals surface area contributed by atoms with Gasteiger partial charge in [0.25, 0.3) is 0 Å². The fourth-order valence-electron chi connectivity index (χ4n) is 5.47. The number of halogens is 3. The van der Waals surface area contributed by atoms with Crippen molar-refractivity contribution in [3.8, 4) is 0 Å². The Labute approximate surface area is 198 Å². The van der Waals surface area contributed by atoms with Gasteiger partial charge >= 0.3 is 6.18 Å². The quantitative estimate of drug-likeness (QED) is 0.348. The van der Waals surface area contributed by atoms with Crippen LogP contribution in [0.15, 0.2) is 63.6 Å². The molecule has 0 aromatic heterocycles. The minimum absolute atomic E-state index is 0.0180. The summed E-state index contributed by atoms with van der Waals surface area (Å²) < 4.78 is 63.3. The fraction of sp³-hybridized carbons (Fsp3) is 0.440. The zero-order valence-corrected chi connectivity index (χ0v) is 20.0. The smallest absolute Gasteiger partial charge is 0.375 e. The van der Waals surface area contributed by atoms with Gasteiger partial charge in [0.15, 0.2) is 9.84 Å². The molecule has 0 amide bonds. The molecule has 0 saturated heterocycles. The lowest BCUT2D eigenvalue weighted by Crippen LogP contribution is -2.51. The second-order valence-corrected chi connectivity index (χ2v) is 11.4. The van der Waals surface area contributed by atoms with Crippen molar-refractivity contribution in [3.63, 3.8) is 0 Å². The van der Waals surface area contributed by atoms with Crippen molar-refractivity contribution < 1.29 is 21.6 Å². The standard InChI is InChI=1S/C25H28F3N3O2S/c1-29-22(31-30-17-18-5-3-4-6-21(18)25(26,27)28)24-14-11-23(12-15-24,13-16-24)19-7-9-20(10-8-19)34(2,32)33/h3-10,17H,11-16H2,1-2H3,(H,29,31)/b30-17+. The average Bonchev–Trinajstić information content (AvgIpc) is 2.82. The number of amidine groups is 1. The highest BCUT2D eigenvalue weighted by atomic mass is 32.2. The highest BCUT2D eigenvalue weighted by molar-refractivity contribution is 7.90. The molecule has 2 bridgehead atoms. The maximum atomic E-state index is 13.2. The zero-order valence-electron chi connectivity index (χ0n) is 19.2. The topological polar surface area (TPSA) is 70.9 Å². The van der Waals surface area contributed by atoms with E-state index in [4.69, 9.17) is 0 Å². The van der Waals surface area contributed by atoms with Crippen molar-refractivity contribution in [2.75, 3.05) is 13.3 Å². The van der Waals surface area contributed by atoms with Crippen LogP contribution in [0, 0.1) is 5.41 Å². The first-order chi connectivity index (χ1) is 16.0. The number of benzene rings is 2. The van der Waals surface area contributed by atoms with Crippen LogP contribution in [0.4, 0.5) is 13.2 Å². The Balaban J connectivity index is 1.52. The Bertz CT molecular complexity index is 1190. The van der Waals surface area contributed by atoms with E-state index in [1.807, 2.05) is 12.1 Å². The summed E-state index contributed by atoms with van der Waals surface area (Å²) in [4.78, 5) is 0.322. The number of hydrogen-bond donors (Lipinski definition) is 1. The molecule has 5 nitrogen and oxygen atoms in total. The molecule has 0 spiro atoms. The van der Waals surface area contributed by atoms with Crippen molar-refractivity contribution in [1.82, 2.24) is 5.32 Å².